The average molecular weight is 445 g/mol. The van der Waals surface area contributed by atoms with Crippen molar-refractivity contribution in [2.75, 3.05) is 37.9 Å². The van der Waals surface area contributed by atoms with E-state index in [4.69, 9.17) is 0 Å². The lowest BCUT2D eigenvalue weighted by molar-refractivity contribution is 0.123. The quantitative estimate of drug-likeness (QED) is 0.623. The van der Waals surface area contributed by atoms with Gasteiger partial charge in [0.25, 0.3) is 0 Å². The number of fused-ring (bicyclic) bond motifs is 2. The number of hydrogen-bond donors (Lipinski definition) is 2. The Morgan fingerprint density at radius 2 is 2.06 bits per heavy atom. The molecule has 2 atom stereocenters. The van der Waals surface area contributed by atoms with Gasteiger partial charge in [-0.2, -0.15) is 0 Å². The summed E-state index contributed by atoms with van der Waals surface area (Å²) in [5, 5.41) is 12.4. The number of urea groups is 1. The molecule has 1 aromatic heterocycles. The zero-order valence-corrected chi connectivity index (χ0v) is 20.1. The van der Waals surface area contributed by atoms with Gasteiger partial charge in [-0.25, -0.2) is 14.9 Å². The van der Waals surface area contributed by atoms with Gasteiger partial charge in [-0.1, -0.05) is 13.0 Å². The minimum Gasteiger partial charge on any atom is -0.392 e. The van der Waals surface area contributed by atoms with Crippen LogP contribution in [0.5, 0.6) is 0 Å². The minimum atomic E-state index is -0.0797. The van der Waals surface area contributed by atoms with Gasteiger partial charge in [0.2, 0.25) is 0 Å². The van der Waals surface area contributed by atoms with Crippen LogP contribution in [0, 0.1) is 0 Å². The van der Waals surface area contributed by atoms with E-state index in [1.807, 2.05) is 18.5 Å². The van der Waals surface area contributed by atoms with Gasteiger partial charge in [-0.3, -0.25) is 4.90 Å². The molecule has 1 aliphatic heterocycles. The zero-order chi connectivity index (χ0) is 22.1. The molecule has 2 amide bonds. The third-order valence-electron chi connectivity index (χ3n) is 7.06. The van der Waals surface area contributed by atoms with E-state index < -0.39 is 0 Å². The van der Waals surface area contributed by atoms with Gasteiger partial charge >= 0.3 is 6.03 Å². The number of carbonyl (C=O) groups is 1. The molecule has 2 aromatic rings. The number of aromatic nitrogens is 1. The van der Waals surface area contributed by atoms with E-state index in [9.17, 15) is 9.90 Å². The molecule has 0 saturated carbocycles. The van der Waals surface area contributed by atoms with Crippen molar-refractivity contribution in [3.05, 3.63) is 28.8 Å². The largest absolute Gasteiger partial charge is 0.392 e. The van der Waals surface area contributed by atoms with E-state index in [0.717, 1.165) is 29.1 Å². The van der Waals surface area contributed by atoms with Crippen LogP contribution in [0.3, 0.4) is 0 Å². The highest BCUT2D eigenvalue weighted by Gasteiger charge is 2.39. The van der Waals surface area contributed by atoms with Crippen LogP contribution < -0.4 is 5.43 Å². The third-order valence-corrected chi connectivity index (χ3v) is 7.88. The molecule has 7 heteroatoms. The Kier molecular flexibility index (Phi) is 6.84. The first-order valence-electron chi connectivity index (χ1n) is 11.7. The Labute approximate surface area is 189 Å². The molecule has 1 aliphatic carbocycles. The Bertz CT molecular complexity index is 951. The predicted octanol–water partition coefficient (Wildman–Crippen LogP) is 4.37. The summed E-state index contributed by atoms with van der Waals surface area (Å²) in [7, 11) is 0. The molecule has 1 saturated heterocycles. The molecule has 0 bridgehead atoms. The van der Waals surface area contributed by atoms with Crippen LogP contribution in [-0.2, 0) is 13.0 Å². The van der Waals surface area contributed by atoms with Gasteiger partial charge in [0.15, 0.2) is 0 Å². The van der Waals surface area contributed by atoms with Crippen molar-refractivity contribution in [1.29, 1.82) is 0 Å². The van der Waals surface area contributed by atoms with E-state index in [0.29, 0.717) is 25.0 Å². The summed E-state index contributed by atoms with van der Waals surface area (Å²) in [6.07, 6.45) is 6.69. The second-order valence-corrected chi connectivity index (χ2v) is 9.50. The normalized spacial score (nSPS) is 20.7. The smallest absolute Gasteiger partial charge is 0.336 e. The molecule has 2 aliphatic rings. The maximum atomic E-state index is 13.0. The highest BCUT2D eigenvalue weighted by Crippen LogP contribution is 2.47. The van der Waals surface area contributed by atoms with E-state index in [1.165, 1.54) is 42.3 Å². The summed E-state index contributed by atoms with van der Waals surface area (Å²) >= 11 is 1.70. The molecule has 6 nitrogen and oxygen atoms in total. The van der Waals surface area contributed by atoms with Crippen LogP contribution in [0.15, 0.2) is 17.2 Å². The molecule has 1 fully saturated rings. The van der Waals surface area contributed by atoms with Gasteiger partial charge in [-0.05, 0) is 81.6 Å². The second kappa shape index (κ2) is 9.43. The molecule has 4 rings (SSSR count). The summed E-state index contributed by atoms with van der Waals surface area (Å²) in [5.74, 6) is 0.492. The highest BCUT2D eigenvalue weighted by atomic mass is 32.2. The summed E-state index contributed by atoms with van der Waals surface area (Å²) < 4.78 is 1.99. The van der Waals surface area contributed by atoms with E-state index in [1.54, 1.807) is 16.7 Å². The Morgan fingerprint density at radius 3 is 2.71 bits per heavy atom. The minimum absolute atomic E-state index is 0.0120. The third kappa shape index (κ3) is 3.85. The van der Waals surface area contributed by atoms with Crippen LogP contribution >= 0.6 is 11.8 Å². The number of likely N-dealkylation sites (tertiary alicyclic amines) is 1. The van der Waals surface area contributed by atoms with Crippen molar-refractivity contribution >= 4 is 28.7 Å². The monoisotopic (exact) mass is 444 g/mol. The summed E-state index contributed by atoms with van der Waals surface area (Å²) in [6.45, 7) is 9.92. The number of hydrogen-bond acceptors (Lipinski definition) is 4. The molecule has 2 N–H and O–H groups in total. The van der Waals surface area contributed by atoms with Crippen molar-refractivity contribution in [3.8, 4) is 0 Å². The molecule has 0 unspecified atom stereocenters. The number of piperidine rings is 1. The lowest BCUT2D eigenvalue weighted by atomic mass is 9.74. The van der Waals surface area contributed by atoms with Gasteiger partial charge < -0.3 is 10.0 Å². The van der Waals surface area contributed by atoms with Crippen LogP contribution in [0.4, 0.5) is 4.79 Å². The molecule has 2 heterocycles. The van der Waals surface area contributed by atoms with Crippen LogP contribution in [0.1, 0.15) is 62.6 Å². The Hall–Kier alpha value is -1.70. The van der Waals surface area contributed by atoms with Crippen LogP contribution in [0.2, 0.25) is 0 Å². The van der Waals surface area contributed by atoms with Crippen molar-refractivity contribution in [3.63, 3.8) is 0 Å². The Balaban J connectivity index is 1.87. The predicted molar refractivity (Wildman–Crippen MR) is 129 cm³/mol. The summed E-state index contributed by atoms with van der Waals surface area (Å²) in [6, 6.07) is 4.69. The number of thioether (sulfide) groups is 1. The van der Waals surface area contributed by atoms with Crippen LogP contribution in [0.25, 0.3) is 10.9 Å². The van der Waals surface area contributed by atoms with E-state index >= 15 is 0 Å². The lowest BCUT2D eigenvalue weighted by Gasteiger charge is -2.44. The number of aliphatic hydroxyl groups excluding tert-OH is 1. The molecular formula is C24H36N4O2S. The SMILES string of the molecule is CCCN1CCC[C@@H]2c3cc(CO)cc4c3c(c(SC)n4NC(=O)N(CC)CC)C[C@H]21. The van der Waals surface area contributed by atoms with Gasteiger partial charge in [0.05, 0.1) is 17.1 Å². The topological polar surface area (TPSA) is 60.7 Å². The van der Waals surface area contributed by atoms with Crippen LogP contribution in [-0.4, -0.2) is 64.1 Å². The van der Waals surface area contributed by atoms with E-state index in [2.05, 4.69) is 35.6 Å². The highest BCUT2D eigenvalue weighted by molar-refractivity contribution is 7.98. The fourth-order valence-corrected chi connectivity index (χ4v) is 6.43. The Morgan fingerprint density at radius 1 is 1.29 bits per heavy atom. The first-order chi connectivity index (χ1) is 15.1. The molecule has 0 spiro atoms. The average Bonchev–Trinajstić information content (AvgIpc) is 3.08. The van der Waals surface area contributed by atoms with E-state index in [-0.39, 0.29) is 12.6 Å². The first kappa shape index (κ1) is 22.5. The molecule has 0 radical (unpaired) electrons. The maximum absolute atomic E-state index is 13.0. The number of carbonyl (C=O) groups excluding carboxylic acids is 1. The van der Waals surface area contributed by atoms with Crippen molar-refractivity contribution < 1.29 is 9.90 Å². The number of nitrogens with one attached hydrogen (secondary N) is 1. The van der Waals surface area contributed by atoms with Crippen molar-refractivity contribution in [2.45, 2.75) is 70.0 Å². The number of nitrogens with zero attached hydrogens (tertiary/aromatic N) is 3. The standard InChI is InChI=1S/C24H36N4O2S/c1-5-10-27-11-8-9-17-18-12-16(15-29)13-21-22(18)19(14-20(17)27)23(31-4)28(21)25-24(30)26(6-2)7-3/h12-13,17,20,29H,5-11,14-15H2,1-4H3,(H,25,30)/t17-,20-/m1/s1. The number of benzene rings is 1. The molecule has 1 aromatic carbocycles. The summed E-state index contributed by atoms with van der Waals surface area (Å²) in [5.41, 5.74) is 7.83. The van der Waals surface area contributed by atoms with Gasteiger partial charge in [0, 0.05) is 30.4 Å². The molecule has 31 heavy (non-hydrogen) atoms. The lowest BCUT2D eigenvalue weighted by Crippen LogP contribution is -2.47. The fraction of sp³-hybridized carbons (Fsp3) is 0.625. The number of rotatable bonds is 7. The molecular weight excluding hydrogens is 408 g/mol. The zero-order valence-electron chi connectivity index (χ0n) is 19.3. The van der Waals surface area contributed by atoms with Crippen molar-refractivity contribution in [1.82, 2.24) is 14.5 Å². The molecule has 170 valence electrons. The van der Waals surface area contributed by atoms with Gasteiger partial charge in [-0.15, -0.1) is 11.8 Å². The number of aliphatic hydroxyl groups is 1. The second-order valence-electron chi connectivity index (χ2n) is 8.71. The maximum Gasteiger partial charge on any atom is 0.336 e. The van der Waals surface area contributed by atoms with Crippen molar-refractivity contribution in [2.24, 2.45) is 0 Å². The summed E-state index contributed by atoms with van der Waals surface area (Å²) in [4.78, 5) is 17.4. The number of amides is 2. The fourth-order valence-electron chi connectivity index (χ4n) is 5.68. The van der Waals surface area contributed by atoms with Gasteiger partial charge in [0.1, 0.15) is 0 Å². The first-order valence-corrected chi connectivity index (χ1v) is 12.9.